The van der Waals surface area contributed by atoms with E-state index in [-0.39, 0.29) is 11.4 Å². The van der Waals surface area contributed by atoms with Crippen LogP contribution >= 0.6 is 25.3 Å². The predicted molar refractivity (Wildman–Crippen MR) is 133 cm³/mol. The first-order valence-electron chi connectivity index (χ1n) is 10.5. The second-order valence-corrected chi connectivity index (χ2v) is 8.81. The molecule has 0 radical (unpaired) electrons. The first-order chi connectivity index (χ1) is 17.2. The van der Waals surface area contributed by atoms with Crippen molar-refractivity contribution in [2.45, 2.75) is 21.9 Å². The molecule has 4 aromatic rings. The Balaban J connectivity index is 1.98. The lowest BCUT2D eigenvalue weighted by Gasteiger charge is -2.33. The molecule has 2 N–H and O–H groups in total. The van der Waals surface area contributed by atoms with Gasteiger partial charge in [0.2, 0.25) is 0 Å². The summed E-state index contributed by atoms with van der Waals surface area (Å²) in [6, 6.07) is 11.5. The third-order valence-electron chi connectivity index (χ3n) is 5.47. The minimum atomic E-state index is -1.58. The summed E-state index contributed by atoms with van der Waals surface area (Å²) in [5, 5.41) is 5.76. The van der Waals surface area contributed by atoms with Gasteiger partial charge in [-0.1, -0.05) is 24.3 Å². The van der Waals surface area contributed by atoms with E-state index in [0.29, 0.717) is 34.1 Å². The second kappa shape index (κ2) is 10.8. The monoisotopic (exact) mass is 536 g/mol. The Morgan fingerprint density at radius 3 is 1.11 bits per heavy atom. The minimum Gasteiger partial charge on any atom is -0.375 e. The van der Waals surface area contributed by atoms with Gasteiger partial charge < -0.3 is 10.6 Å². The van der Waals surface area contributed by atoms with Crippen LogP contribution in [-0.2, 0) is 0 Å². The summed E-state index contributed by atoms with van der Waals surface area (Å²) < 4.78 is 87.9. The van der Waals surface area contributed by atoms with Crippen LogP contribution < -0.4 is 10.6 Å². The van der Waals surface area contributed by atoms with Crippen LogP contribution in [0, 0.1) is 34.9 Å². The van der Waals surface area contributed by atoms with Gasteiger partial charge in [-0.3, -0.25) is 0 Å². The Labute approximate surface area is 214 Å². The van der Waals surface area contributed by atoms with Crippen LogP contribution in [-0.4, -0.2) is 0 Å². The van der Waals surface area contributed by atoms with Crippen LogP contribution in [0.2, 0.25) is 0 Å². The topological polar surface area (TPSA) is 24.1 Å². The molecule has 10 heteroatoms. The van der Waals surface area contributed by atoms with Gasteiger partial charge in [-0.05, 0) is 24.3 Å². The third kappa shape index (κ3) is 5.44. The molecule has 0 bridgehead atoms. The summed E-state index contributed by atoms with van der Waals surface area (Å²) in [6.45, 7) is 0. The fourth-order valence-electron chi connectivity index (χ4n) is 3.87. The van der Waals surface area contributed by atoms with Crippen molar-refractivity contribution in [2.24, 2.45) is 0 Å². The zero-order valence-corrected chi connectivity index (χ0v) is 20.0. The van der Waals surface area contributed by atoms with Crippen LogP contribution in [0.5, 0.6) is 0 Å². The SMILES string of the molecule is Fc1cc(F)c(C(Nc2ccccc2S)C(Nc2ccccc2S)c2c(F)cc(F)cc2F)c(F)c1. The van der Waals surface area contributed by atoms with Gasteiger partial charge in [-0.15, -0.1) is 25.3 Å². The molecular weight excluding hydrogens is 518 g/mol. The Hall–Kier alpha value is -3.24. The Morgan fingerprint density at radius 1 is 0.500 bits per heavy atom. The van der Waals surface area contributed by atoms with E-state index in [2.05, 4.69) is 35.9 Å². The molecule has 0 amide bonds. The molecule has 36 heavy (non-hydrogen) atoms. The average Bonchev–Trinajstić information content (AvgIpc) is 2.79. The van der Waals surface area contributed by atoms with Crippen molar-refractivity contribution in [1.29, 1.82) is 0 Å². The van der Waals surface area contributed by atoms with E-state index in [1.54, 1.807) is 36.4 Å². The highest BCUT2D eigenvalue weighted by molar-refractivity contribution is 7.80. The minimum absolute atomic E-state index is 0.267. The number of benzene rings is 4. The zero-order valence-electron chi connectivity index (χ0n) is 18.2. The molecule has 0 saturated carbocycles. The normalized spacial score (nSPS) is 12.8. The van der Waals surface area contributed by atoms with Crippen LogP contribution in [0.3, 0.4) is 0 Å². The molecule has 0 aliphatic rings. The average molecular weight is 537 g/mol. The fraction of sp³-hybridized carbons (Fsp3) is 0.0769. The maximum Gasteiger partial charge on any atom is 0.134 e. The Morgan fingerprint density at radius 2 is 0.806 bits per heavy atom. The summed E-state index contributed by atoms with van der Waals surface area (Å²) in [7, 11) is 0. The van der Waals surface area contributed by atoms with Crippen molar-refractivity contribution >= 4 is 36.6 Å². The number of anilines is 2. The van der Waals surface area contributed by atoms with Gasteiger partial charge in [0.25, 0.3) is 0 Å². The first kappa shape index (κ1) is 25.8. The lowest BCUT2D eigenvalue weighted by atomic mass is 9.90. The molecule has 2 nitrogen and oxygen atoms in total. The number of hydrogen-bond donors (Lipinski definition) is 4. The summed E-state index contributed by atoms with van der Waals surface area (Å²) in [4.78, 5) is 0.720. The second-order valence-electron chi connectivity index (χ2n) is 7.84. The summed E-state index contributed by atoms with van der Waals surface area (Å²) >= 11 is 8.68. The van der Waals surface area contributed by atoms with Crippen molar-refractivity contribution in [3.05, 3.63) is 119 Å². The molecular formula is C26H18F6N2S2. The zero-order chi connectivity index (χ0) is 26.0. The van der Waals surface area contributed by atoms with Gasteiger partial charge in [0, 0.05) is 56.6 Å². The Kier molecular flexibility index (Phi) is 7.75. The smallest absolute Gasteiger partial charge is 0.134 e. The van der Waals surface area contributed by atoms with E-state index in [4.69, 9.17) is 0 Å². The number of halogens is 6. The van der Waals surface area contributed by atoms with E-state index in [1.165, 1.54) is 12.1 Å². The van der Waals surface area contributed by atoms with Crippen molar-refractivity contribution < 1.29 is 26.3 Å². The molecule has 0 heterocycles. The largest absolute Gasteiger partial charge is 0.375 e. The molecule has 0 saturated heterocycles. The van der Waals surface area contributed by atoms with Crippen LogP contribution in [0.4, 0.5) is 37.7 Å². The molecule has 2 unspecified atom stereocenters. The van der Waals surface area contributed by atoms with Gasteiger partial charge in [-0.2, -0.15) is 0 Å². The van der Waals surface area contributed by atoms with E-state index in [1.807, 2.05) is 0 Å². The summed E-state index contributed by atoms with van der Waals surface area (Å²) in [6.07, 6.45) is 0. The number of rotatable bonds is 7. The van der Waals surface area contributed by atoms with E-state index < -0.39 is 58.1 Å². The third-order valence-corrected chi connectivity index (χ3v) is 6.25. The lowest BCUT2D eigenvalue weighted by Crippen LogP contribution is -2.29. The van der Waals surface area contributed by atoms with Crippen LogP contribution in [0.25, 0.3) is 0 Å². The van der Waals surface area contributed by atoms with E-state index in [0.717, 1.165) is 0 Å². The van der Waals surface area contributed by atoms with Gasteiger partial charge in [0.05, 0.1) is 12.1 Å². The maximum atomic E-state index is 15.1. The van der Waals surface area contributed by atoms with Crippen LogP contribution in [0.15, 0.2) is 82.6 Å². The van der Waals surface area contributed by atoms with Crippen molar-refractivity contribution in [3.63, 3.8) is 0 Å². The van der Waals surface area contributed by atoms with E-state index >= 15 is 17.6 Å². The van der Waals surface area contributed by atoms with Gasteiger partial charge in [-0.25, -0.2) is 26.3 Å². The molecule has 4 aromatic carbocycles. The molecule has 0 aliphatic heterocycles. The first-order valence-corrected chi connectivity index (χ1v) is 11.4. The number of thiol groups is 2. The molecule has 186 valence electrons. The maximum absolute atomic E-state index is 15.1. The van der Waals surface area contributed by atoms with Crippen LogP contribution in [0.1, 0.15) is 23.2 Å². The molecule has 0 aromatic heterocycles. The Bertz CT molecular complexity index is 1260. The van der Waals surface area contributed by atoms with Crippen molar-refractivity contribution in [2.75, 3.05) is 10.6 Å². The van der Waals surface area contributed by atoms with E-state index in [9.17, 15) is 8.78 Å². The molecule has 0 fully saturated rings. The highest BCUT2D eigenvalue weighted by atomic mass is 32.1. The molecule has 2 atom stereocenters. The number of hydrogen-bond acceptors (Lipinski definition) is 4. The number of para-hydroxylation sites is 2. The number of nitrogens with one attached hydrogen (secondary N) is 2. The summed E-state index contributed by atoms with van der Waals surface area (Å²) in [5.41, 5.74) is -0.874. The molecule has 4 rings (SSSR count). The lowest BCUT2D eigenvalue weighted by molar-refractivity contribution is 0.466. The van der Waals surface area contributed by atoms with Crippen molar-refractivity contribution in [3.8, 4) is 0 Å². The highest BCUT2D eigenvalue weighted by Crippen LogP contribution is 2.41. The highest BCUT2D eigenvalue weighted by Gasteiger charge is 2.35. The summed E-state index contributed by atoms with van der Waals surface area (Å²) in [5.74, 6) is -7.53. The molecule has 0 spiro atoms. The fourth-order valence-corrected chi connectivity index (χ4v) is 4.32. The standard InChI is InChI=1S/C26H18F6N2S2/c27-13-9-15(29)23(16(30)10-13)25(33-19-5-1-3-7-21(19)35)26(34-20-6-2-4-8-22(20)36)24-17(31)11-14(28)12-18(24)32/h1-12,25-26,33-36H. The predicted octanol–water partition coefficient (Wildman–Crippen LogP) is 8.11. The van der Waals surface area contributed by atoms with Gasteiger partial charge in [0.15, 0.2) is 0 Å². The van der Waals surface area contributed by atoms with Crippen molar-refractivity contribution in [1.82, 2.24) is 0 Å². The van der Waals surface area contributed by atoms with Gasteiger partial charge >= 0.3 is 0 Å². The molecule has 0 aliphatic carbocycles. The van der Waals surface area contributed by atoms with Gasteiger partial charge in [0.1, 0.15) is 34.9 Å². The quantitative estimate of drug-likeness (QED) is 0.142.